The van der Waals surface area contributed by atoms with Gasteiger partial charge in [0.15, 0.2) is 0 Å². The fourth-order valence-electron chi connectivity index (χ4n) is 2.89. The zero-order valence-corrected chi connectivity index (χ0v) is 8.18. The molecule has 0 aliphatic heterocycles. The van der Waals surface area contributed by atoms with Crippen LogP contribution in [0.25, 0.3) is 0 Å². The molecule has 0 aromatic heterocycles. The van der Waals surface area contributed by atoms with Gasteiger partial charge in [0.2, 0.25) is 0 Å². The fourth-order valence-corrected chi connectivity index (χ4v) is 2.89. The van der Waals surface area contributed by atoms with Gasteiger partial charge in [0.05, 0.1) is 0 Å². The molecule has 2 bridgehead atoms. The van der Waals surface area contributed by atoms with E-state index in [2.05, 4.69) is 19.1 Å². The molecule has 2 atom stereocenters. The minimum atomic E-state index is 0.680. The molecule has 0 aromatic carbocycles. The molecule has 1 fully saturated rings. The highest BCUT2D eigenvalue weighted by Crippen LogP contribution is 2.51. The summed E-state index contributed by atoms with van der Waals surface area (Å²) < 4.78 is 0. The molecule has 0 aromatic rings. The van der Waals surface area contributed by atoms with Crippen LogP contribution < -0.4 is 0 Å². The van der Waals surface area contributed by atoms with Crippen molar-refractivity contribution >= 4 is 0 Å². The predicted octanol–water partition coefficient (Wildman–Crippen LogP) is 3.92. The number of fused-ring (bicyclic) bond motifs is 2. The number of rotatable bonds is 4. The highest BCUT2D eigenvalue weighted by atomic mass is 14.4. The van der Waals surface area contributed by atoms with E-state index in [9.17, 15) is 0 Å². The van der Waals surface area contributed by atoms with Crippen LogP contribution in [0, 0.1) is 11.3 Å². The van der Waals surface area contributed by atoms with Gasteiger partial charge in [0, 0.05) is 0 Å². The normalized spacial score (nSPS) is 37.9. The van der Waals surface area contributed by atoms with Crippen molar-refractivity contribution in [3.8, 4) is 0 Å². The standard InChI is InChI=1S/C12H20/c1-2-3-4-7-12-8-5-11(10-12)6-9-12/h5,8,11H,2-4,6-7,9-10H2,1H3. The molecule has 0 nitrogen and oxygen atoms in total. The number of allylic oxidation sites excluding steroid dienone is 2. The van der Waals surface area contributed by atoms with E-state index in [-0.39, 0.29) is 0 Å². The Balaban J connectivity index is 1.83. The summed E-state index contributed by atoms with van der Waals surface area (Å²) in [6, 6.07) is 0. The van der Waals surface area contributed by atoms with Crippen molar-refractivity contribution in [2.75, 3.05) is 0 Å². The van der Waals surface area contributed by atoms with Gasteiger partial charge >= 0.3 is 0 Å². The lowest BCUT2D eigenvalue weighted by molar-refractivity contribution is 0.353. The van der Waals surface area contributed by atoms with Gasteiger partial charge in [0.25, 0.3) is 0 Å². The highest BCUT2D eigenvalue weighted by molar-refractivity contribution is 5.15. The second-order valence-corrected chi connectivity index (χ2v) is 4.68. The molecule has 2 aliphatic carbocycles. The van der Waals surface area contributed by atoms with Gasteiger partial charge in [0.1, 0.15) is 0 Å². The molecule has 0 saturated heterocycles. The summed E-state index contributed by atoms with van der Waals surface area (Å²) in [6.45, 7) is 2.29. The first-order chi connectivity index (χ1) is 5.85. The molecule has 12 heavy (non-hydrogen) atoms. The molecule has 0 radical (unpaired) electrons. The topological polar surface area (TPSA) is 0 Å². The van der Waals surface area contributed by atoms with E-state index in [1.807, 2.05) is 0 Å². The zero-order valence-electron chi connectivity index (χ0n) is 8.18. The minimum absolute atomic E-state index is 0.680. The number of hydrogen-bond donors (Lipinski definition) is 0. The molecule has 0 amide bonds. The van der Waals surface area contributed by atoms with E-state index in [1.165, 1.54) is 44.9 Å². The van der Waals surface area contributed by atoms with Crippen molar-refractivity contribution in [2.45, 2.75) is 51.9 Å². The molecule has 0 spiro atoms. The van der Waals surface area contributed by atoms with Crippen molar-refractivity contribution in [3.05, 3.63) is 12.2 Å². The van der Waals surface area contributed by atoms with Gasteiger partial charge in [-0.2, -0.15) is 0 Å². The third kappa shape index (κ3) is 1.44. The maximum absolute atomic E-state index is 2.52. The summed E-state index contributed by atoms with van der Waals surface area (Å²) in [5, 5.41) is 0. The molecule has 0 heterocycles. The maximum Gasteiger partial charge on any atom is -0.0112 e. The average Bonchev–Trinajstić information content (AvgIpc) is 2.64. The van der Waals surface area contributed by atoms with Gasteiger partial charge in [-0.15, -0.1) is 0 Å². The van der Waals surface area contributed by atoms with Crippen LogP contribution in [-0.4, -0.2) is 0 Å². The Morgan fingerprint density at radius 1 is 1.42 bits per heavy atom. The third-order valence-corrected chi connectivity index (χ3v) is 3.68. The van der Waals surface area contributed by atoms with Gasteiger partial charge in [-0.1, -0.05) is 38.3 Å². The second kappa shape index (κ2) is 3.24. The summed E-state index contributed by atoms with van der Waals surface area (Å²) in [6.07, 6.45) is 15.1. The first-order valence-electron chi connectivity index (χ1n) is 5.54. The molecule has 0 heteroatoms. The average molecular weight is 164 g/mol. The van der Waals surface area contributed by atoms with E-state index < -0.39 is 0 Å². The van der Waals surface area contributed by atoms with Crippen LogP contribution in [0.5, 0.6) is 0 Å². The van der Waals surface area contributed by atoms with Gasteiger partial charge < -0.3 is 0 Å². The van der Waals surface area contributed by atoms with E-state index >= 15 is 0 Å². The SMILES string of the molecule is CCCCCC12C=CC(CC1)C2. The van der Waals surface area contributed by atoms with Crippen molar-refractivity contribution < 1.29 is 0 Å². The second-order valence-electron chi connectivity index (χ2n) is 4.68. The fraction of sp³-hybridized carbons (Fsp3) is 0.833. The van der Waals surface area contributed by atoms with Gasteiger partial charge in [-0.05, 0) is 37.0 Å². The van der Waals surface area contributed by atoms with E-state index in [0.29, 0.717) is 5.41 Å². The Labute approximate surface area is 76.1 Å². The lowest BCUT2D eigenvalue weighted by Gasteiger charge is -2.22. The maximum atomic E-state index is 2.52. The Morgan fingerprint density at radius 2 is 2.33 bits per heavy atom. The smallest absolute Gasteiger partial charge is 0.0112 e. The van der Waals surface area contributed by atoms with Crippen molar-refractivity contribution in [1.29, 1.82) is 0 Å². The monoisotopic (exact) mass is 164 g/mol. The Morgan fingerprint density at radius 3 is 2.83 bits per heavy atom. The Bertz CT molecular complexity index is 180. The molecule has 1 saturated carbocycles. The number of hydrogen-bond acceptors (Lipinski definition) is 0. The summed E-state index contributed by atoms with van der Waals surface area (Å²) in [4.78, 5) is 0. The molecule has 0 N–H and O–H groups in total. The van der Waals surface area contributed by atoms with Crippen LogP contribution in [-0.2, 0) is 0 Å². The lowest BCUT2D eigenvalue weighted by atomic mass is 9.82. The van der Waals surface area contributed by atoms with Gasteiger partial charge in [-0.3, -0.25) is 0 Å². The summed E-state index contributed by atoms with van der Waals surface area (Å²) in [5.41, 5.74) is 0.680. The van der Waals surface area contributed by atoms with Crippen LogP contribution in [0.3, 0.4) is 0 Å². The van der Waals surface area contributed by atoms with Crippen LogP contribution in [0.2, 0.25) is 0 Å². The molecular formula is C12H20. The molecule has 2 unspecified atom stereocenters. The summed E-state index contributed by atoms with van der Waals surface area (Å²) in [7, 11) is 0. The van der Waals surface area contributed by atoms with Crippen molar-refractivity contribution in [2.24, 2.45) is 11.3 Å². The van der Waals surface area contributed by atoms with Crippen molar-refractivity contribution in [3.63, 3.8) is 0 Å². The van der Waals surface area contributed by atoms with Crippen LogP contribution in [0.4, 0.5) is 0 Å². The molecular weight excluding hydrogens is 144 g/mol. The van der Waals surface area contributed by atoms with Crippen LogP contribution in [0.15, 0.2) is 12.2 Å². The van der Waals surface area contributed by atoms with E-state index in [4.69, 9.17) is 0 Å². The van der Waals surface area contributed by atoms with Crippen LogP contribution in [0.1, 0.15) is 51.9 Å². The molecule has 68 valence electrons. The Hall–Kier alpha value is -0.260. The number of unbranched alkanes of at least 4 members (excludes halogenated alkanes) is 2. The summed E-state index contributed by atoms with van der Waals surface area (Å²) in [5.74, 6) is 0.964. The Kier molecular flexibility index (Phi) is 2.25. The zero-order chi connectivity index (χ0) is 8.44. The van der Waals surface area contributed by atoms with Crippen LogP contribution >= 0.6 is 0 Å². The first-order valence-corrected chi connectivity index (χ1v) is 5.54. The first kappa shape index (κ1) is 8.34. The van der Waals surface area contributed by atoms with E-state index in [1.54, 1.807) is 0 Å². The lowest BCUT2D eigenvalue weighted by Crippen LogP contribution is -2.10. The predicted molar refractivity (Wildman–Crippen MR) is 53.1 cm³/mol. The van der Waals surface area contributed by atoms with Crippen molar-refractivity contribution in [1.82, 2.24) is 0 Å². The van der Waals surface area contributed by atoms with E-state index in [0.717, 1.165) is 5.92 Å². The largest absolute Gasteiger partial charge is 0.0848 e. The highest BCUT2D eigenvalue weighted by Gasteiger charge is 2.39. The quantitative estimate of drug-likeness (QED) is 0.436. The minimum Gasteiger partial charge on any atom is -0.0848 e. The third-order valence-electron chi connectivity index (χ3n) is 3.68. The summed E-state index contributed by atoms with van der Waals surface area (Å²) >= 11 is 0. The molecule has 2 rings (SSSR count). The molecule has 2 aliphatic rings. The van der Waals surface area contributed by atoms with Gasteiger partial charge in [-0.25, -0.2) is 0 Å².